The zero-order valence-electron chi connectivity index (χ0n) is 11.6. The molecule has 0 amide bonds. The monoisotopic (exact) mass is 192 g/mol. The van der Waals surface area contributed by atoms with E-state index < -0.39 is 6.85 Å². The predicted molar refractivity (Wildman–Crippen MR) is 62.8 cm³/mol. The van der Waals surface area contributed by atoms with Gasteiger partial charge in [0.2, 0.25) is 0 Å². The molecule has 0 heterocycles. The SMILES string of the molecule is [2H]C([2H])([2H])C(=C)C(C)CC(=N)C1=CC=CCC1. The topological polar surface area (TPSA) is 23.9 Å². The molecule has 0 aromatic carbocycles. The Morgan fingerprint density at radius 3 is 3.14 bits per heavy atom. The van der Waals surface area contributed by atoms with Gasteiger partial charge < -0.3 is 5.41 Å². The van der Waals surface area contributed by atoms with Gasteiger partial charge in [0.05, 0.1) is 0 Å². The molecule has 1 N–H and O–H groups in total. The third-order valence-electron chi connectivity index (χ3n) is 2.51. The summed E-state index contributed by atoms with van der Waals surface area (Å²) in [4.78, 5) is 0. The van der Waals surface area contributed by atoms with Crippen LogP contribution < -0.4 is 0 Å². The van der Waals surface area contributed by atoms with Crippen LogP contribution in [0.2, 0.25) is 0 Å². The van der Waals surface area contributed by atoms with Crippen molar-refractivity contribution >= 4 is 5.71 Å². The molecule has 1 atom stereocenters. The zero-order valence-corrected chi connectivity index (χ0v) is 8.64. The molecule has 0 saturated heterocycles. The van der Waals surface area contributed by atoms with Crippen molar-refractivity contribution in [1.29, 1.82) is 5.41 Å². The van der Waals surface area contributed by atoms with E-state index in [1.54, 1.807) is 0 Å². The fraction of sp³-hybridized carbons (Fsp3) is 0.462. The predicted octanol–water partition coefficient (Wildman–Crippen LogP) is 3.88. The molecule has 1 heteroatoms. The molecule has 1 aliphatic rings. The Balaban J connectivity index is 2.60. The molecule has 0 radical (unpaired) electrons. The van der Waals surface area contributed by atoms with Crippen molar-refractivity contribution in [1.82, 2.24) is 0 Å². The van der Waals surface area contributed by atoms with E-state index in [-0.39, 0.29) is 11.5 Å². The maximum atomic E-state index is 7.98. The maximum Gasteiger partial charge on any atom is 0.0351 e. The van der Waals surface area contributed by atoms with Gasteiger partial charge in [0.25, 0.3) is 0 Å². The van der Waals surface area contributed by atoms with E-state index in [2.05, 4.69) is 12.7 Å². The summed E-state index contributed by atoms with van der Waals surface area (Å²) in [6.45, 7) is 3.34. The molecule has 1 unspecified atom stereocenters. The minimum Gasteiger partial charge on any atom is -0.305 e. The van der Waals surface area contributed by atoms with Gasteiger partial charge in [-0.25, -0.2) is 0 Å². The summed E-state index contributed by atoms with van der Waals surface area (Å²) in [5.74, 6) is -0.179. The van der Waals surface area contributed by atoms with E-state index in [4.69, 9.17) is 9.52 Å². The minimum absolute atomic E-state index is 0.179. The summed E-state index contributed by atoms with van der Waals surface area (Å²) >= 11 is 0. The third-order valence-corrected chi connectivity index (χ3v) is 2.51. The van der Waals surface area contributed by atoms with Gasteiger partial charge in [-0.3, -0.25) is 0 Å². The number of nitrogens with one attached hydrogen (secondary N) is 1. The summed E-state index contributed by atoms with van der Waals surface area (Å²) in [5.41, 5.74) is 1.79. The van der Waals surface area contributed by atoms with E-state index in [0.29, 0.717) is 12.1 Å². The fourth-order valence-electron chi connectivity index (χ4n) is 1.41. The van der Waals surface area contributed by atoms with Crippen LogP contribution in [-0.4, -0.2) is 5.71 Å². The second kappa shape index (κ2) is 4.94. The summed E-state index contributed by atoms with van der Waals surface area (Å²) in [6.07, 6.45) is 8.26. The Hall–Kier alpha value is -1.11. The van der Waals surface area contributed by atoms with Crippen LogP contribution in [-0.2, 0) is 0 Å². The normalized spacial score (nSPS) is 21.5. The summed E-state index contributed by atoms with van der Waals surface area (Å²) in [5, 5.41) is 7.98. The molecule has 0 fully saturated rings. The molecule has 0 aromatic heterocycles. The molecular formula is C13H19N. The second-order valence-electron chi connectivity index (χ2n) is 3.77. The molecule has 0 bridgehead atoms. The summed E-state index contributed by atoms with van der Waals surface area (Å²) in [7, 11) is 0. The van der Waals surface area contributed by atoms with E-state index in [9.17, 15) is 0 Å². The molecule has 1 aliphatic carbocycles. The van der Waals surface area contributed by atoms with Crippen LogP contribution in [0.4, 0.5) is 0 Å². The van der Waals surface area contributed by atoms with Crippen LogP contribution in [0.1, 0.15) is 37.2 Å². The Kier molecular flexibility index (Phi) is 2.55. The van der Waals surface area contributed by atoms with E-state index in [1.165, 1.54) is 0 Å². The Morgan fingerprint density at radius 1 is 1.79 bits per heavy atom. The molecule has 0 saturated carbocycles. The highest BCUT2D eigenvalue weighted by Crippen LogP contribution is 2.19. The van der Waals surface area contributed by atoms with E-state index in [1.807, 2.05) is 19.1 Å². The molecule has 0 spiro atoms. The van der Waals surface area contributed by atoms with Crippen LogP contribution in [0.3, 0.4) is 0 Å². The smallest absolute Gasteiger partial charge is 0.0351 e. The lowest BCUT2D eigenvalue weighted by Crippen LogP contribution is -2.09. The first-order valence-electron chi connectivity index (χ1n) is 6.45. The van der Waals surface area contributed by atoms with Crippen molar-refractivity contribution in [2.24, 2.45) is 5.92 Å². The molecule has 1 nitrogen and oxygen atoms in total. The van der Waals surface area contributed by atoms with Crippen LogP contribution in [0.5, 0.6) is 0 Å². The van der Waals surface area contributed by atoms with Gasteiger partial charge in [-0.2, -0.15) is 0 Å². The maximum absolute atomic E-state index is 7.98. The average Bonchev–Trinajstić information content (AvgIpc) is 2.27. The lowest BCUT2D eigenvalue weighted by molar-refractivity contribution is 0.714. The van der Waals surface area contributed by atoms with E-state index >= 15 is 0 Å². The van der Waals surface area contributed by atoms with Gasteiger partial charge in [-0.15, -0.1) is 0 Å². The van der Waals surface area contributed by atoms with Crippen LogP contribution in [0, 0.1) is 11.3 Å². The van der Waals surface area contributed by atoms with Gasteiger partial charge >= 0.3 is 0 Å². The summed E-state index contributed by atoms with van der Waals surface area (Å²) < 4.78 is 21.9. The van der Waals surface area contributed by atoms with Crippen molar-refractivity contribution in [2.45, 2.75) is 33.0 Å². The van der Waals surface area contributed by atoms with Crippen molar-refractivity contribution in [2.75, 3.05) is 0 Å². The minimum atomic E-state index is -2.11. The lowest BCUT2D eigenvalue weighted by atomic mass is 9.91. The van der Waals surface area contributed by atoms with E-state index in [0.717, 1.165) is 18.4 Å². The largest absolute Gasteiger partial charge is 0.305 e. The first-order chi connectivity index (χ1) is 7.82. The standard InChI is InChI=1S/C13H19N/c1-10(2)11(3)9-13(14)12-7-5-4-6-8-12/h4-5,7,11,14H,1,6,8-9H2,2-3H3/i2D3. The zero-order chi connectivity index (χ0) is 13.1. The van der Waals surface area contributed by atoms with Crippen molar-refractivity contribution in [3.63, 3.8) is 0 Å². The average molecular weight is 192 g/mol. The molecule has 0 aromatic rings. The highest BCUT2D eigenvalue weighted by molar-refractivity contribution is 5.98. The Morgan fingerprint density at radius 2 is 2.57 bits per heavy atom. The van der Waals surface area contributed by atoms with Crippen LogP contribution >= 0.6 is 0 Å². The van der Waals surface area contributed by atoms with Gasteiger partial charge in [-0.05, 0) is 37.6 Å². The van der Waals surface area contributed by atoms with Crippen molar-refractivity contribution in [3.05, 3.63) is 36.0 Å². The van der Waals surface area contributed by atoms with Crippen molar-refractivity contribution < 1.29 is 4.11 Å². The molecule has 14 heavy (non-hydrogen) atoms. The molecule has 1 rings (SSSR count). The first-order valence-corrected chi connectivity index (χ1v) is 4.95. The van der Waals surface area contributed by atoms with Crippen LogP contribution in [0.25, 0.3) is 0 Å². The first kappa shape index (κ1) is 7.22. The molecule has 76 valence electrons. The van der Waals surface area contributed by atoms with Gasteiger partial charge in [0.15, 0.2) is 0 Å². The Labute approximate surface area is 90.9 Å². The highest BCUT2D eigenvalue weighted by Gasteiger charge is 2.10. The Bertz CT molecular complexity index is 375. The van der Waals surface area contributed by atoms with Gasteiger partial charge in [0, 0.05) is 9.82 Å². The fourth-order valence-corrected chi connectivity index (χ4v) is 1.41. The molecular weight excluding hydrogens is 170 g/mol. The highest BCUT2D eigenvalue weighted by atomic mass is 14.4. The quantitative estimate of drug-likeness (QED) is 0.516. The van der Waals surface area contributed by atoms with Gasteiger partial charge in [0.1, 0.15) is 0 Å². The number of allylic oxidation sites excluding steroid dienone is 5. The third kappa shape index (κ3) is 2.99. The second-order valence-corrected chi connectivity index (χ2v) is 3.77. The lowest BCUT2D eigenvalue weighted by Gasteiger charge is -2.15. The van der Waals surface area contributed by atoms with Crippen molar-refractivity contribution in [3.8, 4) is 0 Å². The van der Waals surface area contributed by atoms with Crippen LogP contribution in [0.15, 0.2) is 36.0 Å². The molecule has 0 aliphatic heterocycles. The summed E-state index contributed by atoms with van der Waals surface area (Å²) in [6, 6.07) is 0. The number of hydrogen-bond acceptors (Lipinski definition) is 1. The number of hydrogen-bond donors (Lipinski definition) is 1. The van der Waals surface area contributed by atoms with Gasteiger partial charge in [-0.1, -0.05) is 37.3 Å². The number of rotatable bonds is 4.